The topological polar surface area (TPSA) is 22.0 Å². The first-order valence-electron chi connectivity index (χ1n) is 3.94. The molecular formula is C10H8ClNO. The second kappa shape index (κ2) is 2.89. The second-order valence-corrected chi connectivity index (χ2v) is 3.31. The highest BCUT2D eigenvalue weighted by atomic mass is 35.5. The smallest absolute Gasteiger partial charge is 0.259 e. The number of hydrogen-bond acceptors (Lipinski definition) is 1. The summed E-state index contributed by atoms with van der Waals surface area (Å²) in [4.78, 5) is 11.6. The van der Waals surface area contributed by atoms with Crippen molar-refractivity contribution in [1.29, 1.82) is 0 Å². The standard InChI is InChI=1S/C10H8ClNO/c1-12-9(11)6-7-4-2-3-5-8(7)10(12)13/h2-6H,1H3. The van der Waals surface area contributed by atoms with Crippen LogP contribution in [-0.4, -0.2) is 4.57 Å². The third-order valence-corrected chi connectivity index (χ3v) is 2.45. The quantitative estimate of drug-likeness (QED) is 0.588. The van der Waals surface area contributed by atoms with E-state index >= 15 is 0 Å². The van der Waals surface area contributed by atoms with Crippen molar-refractivity contribution in [3.63, 3.8) is 0 Å². The maximum atomic E-state index is 11.6. The highest BCUT2D eigenvalue weighted by molar-refractivity contribution is 6.30. The summed E-state index contributed by atoms with van der Waals surface area (Å²) in [6.07, 6.45) is 0. The van der Waals surface area contributed by atoms with Crippen molar-refractivity contribution < 1.29 is 0 Å². The first-order chi connectivity index (χ1) is 6.20. The molecule has 0 atom stereocenters. The summed E-state index contributed by atoms with van der Waals surface area (Å²) in [5.74, 6) is 0. The second-order valence-electron chi connectivity index (χ2n) is 2.92. The molecule has 0 unspecified atom stereocenters. The van der Waals surface area contributed by atoms with E-state index in [0.717, 1.165) is 5.39 Å². The number of halogens is 1. The van der Waals surface area contributed by atoms with Crippen LogP contribution in [0.15, 0.2) is 35.1 Å². The fourth-order valence-electron chi connectivity index (χ4n) is 1.32. The Bertz CT molecular complexity index is 516. The third kappa shape index (κ3) is 1.23. The van der Waals surface area contributed by atoms with Crippen molar-refractivity contribution in [2.75, 3.05) is 0 Å². The lowest BCUT2D eigenvalue weighted by atomic mass is 10.2. The van der Waals surface area contributed by atoms with Crippen molar-refractivity contribution in [3.05, 3.63) is 45.8 Å². The van der Waals surface area contributed by atoms with Crippen LogP contribution >= 0.6 is 11.6 Å². The maximum absolute atomic E-state index is 11.6. The van der Waals surface area contributed by atoms with E-state index in [2.05, 4.69) is 0 Å². The minimum absolute atomic E-state index is 0.0527. The first kappa shape index (κ1) is 8.32. The van der Waals surface area contributed by atoms with Crippen LogP contribution in [0.3, 0.4) is 0 Å². The van der Waals surface area contributed by atoms with E-state index in [0.29, 0.717) is 10.5 Å². The Morgan fingerprint density at radius 1 is 1.31 bits per heavy atom. The molecule has 0 saturated carbocycles. The lowest BCUT2D eigenvalue weighted by molar-refractivity contribution is 0.874. The van der Waals surface area contributed by atoms with E-state index in [1.165, 1.54) is 4.57 Å². The minimum atomic E-state index is -0.0527. The van der Waals surface area contributed by atoms with Crippen LogP contribution in [0, 0.1) is 0 Å². The summed E-state index contributed by atoms with van der Waals surface area (Å²) in [5.41, 5.74) is -0.0527. The first-order valence-corrected chi connectivity index (χ1v) is 4.32. The van der Waals surface area contributed by atoms with E-state index < -0.39 is 0 Å². The van der Waals surface area contributed by atoms with Crippen LogP contribution in [0.2, 0.25) is 5.15 Å². The van der Waals surface area contributed by atoms with Crippen LogP contribution in [0.1, 0.15) is 0 Å². The van der Waals surface area contributed by atoms with Crippen LogP contribution in [-0.2, 0) is 7.05 Å². The minimum Gasteiger partial charge on any atom is -0.302 e. The summed E-state index contributed by atoms with van der Waals surface area (Å²) in [6.45, 7) is 0. The molecule has 0 bridgehead atoms. The van der Waals surface area contributed by atoms with Gasteiger partial charge in [-0.25, -0.2) is 0 Å². The molecule has 0 fully saturated rings. The van der Waals surface area contributed by atoms with E-state index in [1.807, 2.05) is 18.2 Å². The molecule has 0 N–H and O–H groups in total. The van der Waals surface area contributed by atoms with Gasteiger partial charge in [-0.15, -0.1) is 0 Å². The molecule has 1 aromatic carbocycles. The fourth-order valence-corrected chi connectivity index (χ4v) is 1.51. The van der Waals surface area contributed by atoms with Crippen LogP contribution < -0.4 is 5.56 Å². The summed E-state index contributed by atoms with van der Waals surface area (Å²) < 4.78 is 1.43. The molecule has 0 aliphatic heterocycles. The van der Waals surface area contributed by atoms with Gasteiger partial charge >= 0.3 is 0 Å². The van der Waals surface area contributed by atoms with E-state index in [9.17, 15) is 4.79 Å². The van der Waals surface area contributed by atoms with E-state index in [1.54, 1.807) is 19.2 Å². The Balaban J connectivity index is 3.03. The van der Waals surface area contributed by atoms with E-state index in [4.69, 9.17) is 11.6 Å². The zero-order chi connectivity index (χ0) is 9.42. The van der Waals surface area contributed by atoms with E-state index in [-0.39, 0.29) is 5.56 Å². The zero-order valence-corrected chi connectivity index (χ0v) is 7.88. The summed E-state index contributed by atoms with van der Waals surface area (Å²) in [5, 5.41) is 2.05. The lowest BCUT2D eigenvalue weighted by Gasteiger charge is -2.03. The van der Waals surface area contributed by atoms with Crippen molar-refractivity contribution in [2.45, 2.75) is 0 Å². The SMILES string of the molecule is Cn1c(Cl)cc2ccccc2c1=O. The van der Waals surface area contributed by atoms with Gasteiger partial charge in [-0.3, -0.25) is 4.79 Å². The Hall–Kier alpha value is -1.28. The molecule has 1 aromatic heterocycles. The molecule has 0 saturated heterocycles. The molecule has 0 spiro atoms. The van der Waals surface area contributed by atoms with Gasteiger partial charge in [0.2, 0.25) is 0 Å². The molecule has 0 amide bonds. The zero-order valence-electron chi connectivity index (χ0n) is 7.12. The third-order valence-electron chi connectivity index (χ3n) is 2.09. The molecule has 66 valence electrons. The van der Waals surface area contributed by atoms with Gasteiger partial charge in [0.25, 0.3) is 5.56 Å². The van der Waals surface area contributed by atoms with Gasteiger partial charge < -0.3 is 4.57 Å². The lowest BCUT2D eigenvalue weighted by Crippen LogP contribution is -2.16. The van der Waals surface area contributed by atoms with Crippen molar-refractivity contribution >= 4 is 22.4 Å². The number of aromatic nitrogens is 1. The summed E-state index contributed by atoms with van der Waals surface area (Å²) in [6, 6.07) is 9.20. The predicted octanol–water partition coefficient (Wildman–Crippen LogP) is 2.19. The number of pyridine rings is 1. The van der Waals surface area contributed by atoms with Gasteiger partial charge in [0.15, 0.2) is 0 Å². The van der Waals surface area contributed by atoms with Gasteiger partial charge in [0.05, 0.1) is 0 Å². The largest absolute Gasteiger partial charge is 0.302 e. The highest BCUT2D eigenvalue weighted by Gasteiger charge is 2.02. The maximum Gasteiger partial charge on any atom is 0.259 e. The number of fused-ring (bicyclic) bond motifs is 1. The van der Waals surface area contributed by atoms with Gasteiger partial charge in [-0.2, -0.15) is 0 Å². The normalized spacial score (nSPS) is 10.6. The Morgan fingerprint density at radius 3 is 2.77 bits per heavy atom. The fraction of sp³-hybridized carbons (Fsp3) is 0.100. The number of benzene rings is 1. The average molecular weight is 194 g/mol. The average Bonchev–Trinajstić information content (AvgIpc) is 2.15. The molecule has 3 heteroatoms. The van der Waals surface area contributed by atoms with Crippen molar-refractivity contribution in [1.82, 2.24) is 4.57 Å². The number of rotatable bonds is 0. The monoisotopic (exact) mass is 193 g/mol. The molecule has 0 aliphatic rings. The van der Waals surface area contributed by atoms with Crippen molar-refractivity contribution in [3.8, 4) is 0 Å². The van der Waals surface area contributed by atoms with Gasteiger partial charge in [0, 0.05) is 12.4 Å². The van der Waals surface area contributed by atoms with Crippen LogP contribution in [0.25, 0.3) is 10.8 Å². The molecular weight excluding hydrogens is 186 g/mol. The van der Waals surface area contributed by atoms with Crippen molar-refractivity contribution in [2.24, 2.45) is 7.05 Å². The molecule has 13 heavy (non-hydrogen) atoms. The Labute approximate surface area is 80.4 Å². The summed E-state index contributed by atoms with van der Waals surface area (Å²) >= 11 is 5.86. The summed E-state index contributed by atoms with van der Waals surface area (Å²) in [7, 11) is 1.66. The Kier molecular flexibility index (Phi) is 1.85. The number of nitrogens with zero attached hydrogens (tertiary/aromatic N) is 1. The highest BCUT2D eigenvalue weighted by Crippen LogP contribution is 2.14. The molecule has 2 rings (SSSR count). The number of hydrogen-bond donors (Lipinski definition) is 0. The molecule has 0 aliphatic carbocycles. The van der Waals surface area contributed by atoms with Crippen LogP contribution in [0.4, 0.5) is 0 Å². The Morgan fingerprint density at radius 2 is 2.00 bits per heavy atom. The van der Waals surface area contributed by atoms with Crippen LogP contribution in [0.5, 0.6) is 0 Å². The molecule has 0 radical (unpaired) electrons. The predicted molar refractivity (Wildman–Crippen MR) is 54.2 cm³/mol. The van der Waals surface area contributed by atoms with Gasteiger partial charge in [0.1, 0.15) is 5.15 Å². The molecule has 2 nitrogen and oxygen atoms in total. The van der Waals surface area contributed by atoms with Gasteiger partial charge in [-0.1, -0.05) is 29.8 Å². The molecule has 1 heterocycles. The van der Waals surface area contributed by atoms with Gasteiger partial charge in [-0.05, 0) is 17.5 Å². The molecule has 2 aromatic rings.